The van der Waals surface area contributed by atoms with Gasteiger partial charge in [0, 0.05) is 12.1 Å². The molecule has 0 spiro atoms. The first-order valence-electron chi connectivity index (χ1n) is 5.11. The van der Waals surface area contributed by atoms with E-state index in [4.69, 9.17) is 14.2 Å². The van der Waals surface area contributed by atoms with Crippen molar-refractivity contribution in [1.29, 1.82) is 0 Å². The number of carbonyl (C=O) groups is 1. The number of benzene rings is 1. The van der Waals surface area contributed by atoms with Gasteiger partial charge in [0.25, 0.3) is 0 Å². The van der Waals surface area contributed by atoms with Gasteiger partial charge in [0.05, 0.1) is 26.9 Å². The minimum absolute atomic E-state index is 0.0371. The summed E-state index contributed by atoms with van der Waals surface area (Å²) >= 11 is 0. The summed E-state index contributed by atoms with van der Waals surface area (Å²) in [6.45, 7) is 1.49. The zero-order valence-corrected chi connectivity index (χ0v) is 10.4. The third-order valence-corrected chi connectivity index (χ3v) is 2.24. The van der Waals surface area contributed by atoms with Crippen LogP contribution in [0, 0.1) is 0 Å². The van der Waals surface area contributed by atoms with Crippen LogP contribution in [0.1, 0.15) is 12.5 Å². The Morgan fingerprint density at radius 3 is 1.94 bits per heavy atom. The summed E-state index contributed by atoms with van der Waals surface area (Å²) < 4.78 is 15.6. The van der Waals surface area contributed by atoms with Crippen molar-refractivity contribution in [2.45, 2.75) is 6.92 Å². The molecule has 4 nitrogen and oxygen atoms in total. The molecule has 0 unspecified atom stereocenters. The molecule has 0 aromatic heterocycles. The Labute approximate surface area is 101 Å². The first kappa shape index (κ1) is 13.1. The number of hydrogen-bond donors (Lipinski definition) is 0. The van der Waals surface area contributed by atoms with Crippen molar-refractivity contribution in [2.24, 2.45) is 0 Å². The van der Waals surface area contributed by atoms with Crippen molar-refractivity contribution in [1.82, 2.24) is 0 Å². The molecule has 0 N–H and O–H groups in total. The molecular formula is C13H16O4. The summed E-state index contributed by atoms with van der Waals surface area (Å²) in [7, 11) is 4.68. The lowest BCUT2D eigenvalue weighted by Crippen LogP contribution is -1.95. The number of rotatable bonds is 5. The molecule has 17 heavy (non-hydrogen) atoms. The Balaban J connectivity index is 3.29. The number of hydrogen-bond acceptors (Lipinski definition) is 4. The van der Waals surface area contributed by atoms with Gasteiger partial charge in [-0.3, -0.25) is 4.79 Å². The van der Waals surface area contributed by atoms with Crippen LogP contribution in [0.5, 0.6) is 17.2 Å². The first-order chi connectivity index (χ1) is 8.12. The lowest BCUT2D eigenvalue weighted by Gasteiger charge is -2.12. The second-order valence-corrected chi connectivity index (χ2v) is 3.39. The molecule has 0 aliphatic carbocycles. The molecule has 0 radical (unpaired) electrons. The highest BCUT2D eigenvalue weighted by Crippen LogP contribution is 2.34. The van der Waals surface area contributed by atoms with Crippen LogP contribution in [0.4, 0.5) is 0 Å². The van der Waals surface area contributed by atoms with Crippen LogP contribution in [0.15, 0.2) is 18.2 Å². The van der Waals surface area contributed by atoms with Gasteiger partial charge in [0.15, 0.2) is 5.78 Å². The summed E-state index contributed by atoms with van der Waals surface area (Å²) in [5, 5.41) is 0. The predicted molar refractivity (Wildman–Crippen MR) is 65.8 cm³/mol. The average molecular weight is 236 g/mol. The van der Waals surface area contributed by atoms with E-state index in [-0.39, 0.29) is 5.78 Å². The molecule has 0 atom stereocenters. The molecule has 4 heteroatoms. The van der Waals surface area contributed by atoms with E-state index in [0.29, 0.717) is 22.8 Å². The van der Waals surface area contributed by atoms with Crippen LogP contribution in [0.3, 0.4) is 0 Å². The van der Waals surface area contributed by atoms with E-state index < -0.39 is 0 Å². The third-order valence-electron chi connectivity index (χ3n) is 2.24. The Hall–Kier alpha value is -1.97. The lowest BCUT2D eigenvalue weighted by atomic mass is 10.1. The highest BCUT2D eigenvalue weighted by atomic mass is 16.5. The second kappa shape index (κ2) is 5.94. The van der Waals surface area contributed by atoms with Gasteiger partial charge < -0.3 is 14.2 Å². The summed E-state index contributed by atoms with van der Waals surface area (Å²) in [6.07, 6.45) is 3.13. The topological polar surface area (TPSA) is 44.8 Å². The smallest absolute Gasteiger partial charge is 0.152 e. The zero-order chi connectivity index (χ0) is 12.8. The third kappa shape index (κ3) is 3.24. The van der Waals surface area contributed by atoms with E-state index in [1.54, 1.807) is 39.5 Å². The highest BCUT2D eigenvalue weighted by Gasteiger charge is 2.10. The standard InChI is InChI=1S/C13H16O4/c1-9(14)5-6-11-12(16-3)7-10(15-2)8-13(11)17-4/h5-8H,1-4H3. The molecule has 0 heterocycles. The SMILES string of the molecule is COc1cc(OC)c(C=CC(C)=O)c(OC)c1. The van der Waals surface area contributed by atoms with Crippen LogP contribution in [0.2, 0.25) is 0 Å². The molecule has 0 saturated carbocycles. The van der Waals surface area contributed by atoms with E-state index in [1.165, 1.54) is 13.0 Å². The van der Waals surface area contributed by atoms with Crippen LogP contribution >= 0.6 is 0 Å². The Bertz CT molecular complexity index is 410. The molecular weight excluding hydrogens is 220 g/mol. The number of methoxy groups -OCH3 is 3. The number of ether oxygens (including phenoxy) is 3. The predicted octanol–water partition coefficient (Wildman–Crippen LogP) is 2.31. The van der Waals surface area contributed by atoms with Gasteiger partial charge in [-0.25, -0.2) is 0 Å². The van der Waals surface area contributed by atoms with E-state index in [2.05, 4.69) is 0 Å². The first-order valence-corrected chi connectivity index (χ1v) is 5.11. The number of carbonyl (C=O) groups excluding carboxylic acids is 1. The maximum atomic E-state index is 10.9. The van der Waals surface area contributed by atoms with E-state index in [9.17, 15) is 4.79 Å². The van der Waals surface area contributed by atoms with Crippen molar-refractivity contribution in [3.8, 4) is 17.2 Å². The van der Waals surface area contributed by atoms with Crippen molar-refractivity contribution < 1.29 is 19.0 Å². The van der Waals surface area contributed by atoms with Gasteiger partial charge in [0.1, 0.15) is 17.2 Å². The van der Waals surface area contributed by atoms with Gasteiger partial charge in [-0.05, 0) is 19.1 Å². The largest absolute Gasteiger partial charge is 0.496 e. The zero-order valence-electron chi connectivity index (χ0n) is 10.4. The van der Waals surface area contributed by atoms with Gasteiger partial charge in [0.2, 0.25) is 0 Å². The van der Waals surface area contributed by atoms with Crippen molar-refractivity contribution >= 4 is 11.9 Å². The van der Waals surface area contributed by atoms with Crippen LogP contribution < -0.4 is 14.2 Å². The van der Waals surface area contributed by atoms with Crippen LogP contribution in [-0.2, 0) is 4.79 Å². The molecule has 0 fully saturated rings. The van der Waals surface area contributed by atoms with Crippen LogP contribution in [0.25, 0.3) is 6.08 Å². The molecule has 1 rings (SSSR count). The summed E-state index contributed by atoms with van der Waals surface area (Å²) in [5.41, 5.74) is 0.714. The molecule has 0 saturated heterocycles. The maximum absolute atomic E-state index is 10.9. The Morgan fingerprint density at radius 1 is 1.06 bits per heavy atom. The fraction of sp³-hybridized carbons (Fsp3) is 0.308. The fourth-order valence-corrected chi connectivity index (χ4v) is 1.40. The van der Waals surface area contributed by atoms with Gasteiger partial charge >= 0.3 is 0 Å². The van der Waals surface area contributed by atoms with Gasteiger partial charge in [-0.1, -0.05) is 0 Å². The molecule has 92 valence electrons. The fourth-order valence-electron chi connectivity index (χ4n) is 1.40. The molecule has 1 aromatic rings. The number of allylic oxidation sites excluding steroid dienone is 1. The maximum Gasteiger partial charge on any atom is 0.152 e. The summed E-state index contributed by atoms with van der Waals surface area (Å²) in [5.74, 6) is 1.79. The van der Waals surface area contributed by atoms with E-state index in [1.807, 2.05) is 0 Å². The second-order valence-electron chi connectivity index (χ2n) is 3.39. The Morgan fingerprint density at radius 2 is 1.59 bits per heavy atom. The lowest BCUT2D eigenvalue weighted by molar-refractivity contribution is -0.112. The Kier molecular flexibility index (Phi) is 4.57. The van der Waals surface area contributed by atoms with Crippen LogP contribution in [-0.4, -0.2) is 27.1 Å². The minimum Gasteiger partial charge on any atom is -0.496 e. The molecule has 0 bridgehead atoms. The average Bonchev–Trinajstić information content (AvgIpc) is 2.34. The number of ketones is 1. The monoisotopic (exact) mass is 236 g/mol. The highest BCUT2D eigenvalue weighted by molar-refractivity contribution is 5.92. The van der Waals surface area contributed by atoms with Crippen molar-refractivity contribution in [3.63, 3.8) is 0 Å². The molecule has 0 aliphatic rings. The molecule has 0 amide bonds. The summed E-state index contributed by atoms with van der Waals surface area (Å²) in [6, 6.07) is 3.48. The minimum atomic E-state index is -0.0371. The van der Waals surface area contributed by atoms with Gasteiger partial charge in [-0.15, -0.1) is 0 Å². The van der Waals surface area contributed by atoms with Crippen molar-refractivity contribution in [3.05, 3.63) is 23.8 Å². The van der Waals surface area contributed by atoms with Gasteiger partial charge in [-0.2, -0.15) is 0 Å². The van der Waals surface area contributed by atoms with Crippen molar-refractivity contribution in [2.75, 3.05) is 21.3 Å². The quantitative estimate of drug-likeness (QED) is 0.736. The summed E-state index contributed by atoms with van der Waals surface area (Å²) in [4.78, 5) is 10.9. The van der Waals surface area contributed by atoms with E-state index >= 15 is 0 Å². The normalized spacial score (nSPS) is 10.4. The van der Waals surface area contributed by atoms with E-state index in [0.717, 1.165) is 0 Å². The molecule has 1 aromatic carbocycles. The molecule has 0 aliphatic heterocycles.